The number of nitro benzene ring substituents is 1. The van der Waals surface area contributed by atoms with Crippen molar-refractivity contribution in [3.8, 4) is 0 Å². The van der Waals surface area contributed by atoms with Gasteiger partial charge in [0.1, 0.15) is 0 Å². The molecule has 0 aliphatic carbocycles. The molecule has 0 aliphatic heterocycles. The van der Waals surface area contributed by atoms with E-state index >= 15 is 0 Å². The third kappa shape index (κ3) is 5.11. The van der Waals surface area contributed by atoms with Crippen molar-refractivity contribution in [2.24, 2.45) is 17.1 Å². The van der Waals surface area contributed by atoms with Crippen LogP contribution in [0.4, 0.5) is 15.8 Å². The van der Waals surface area contributed by atoms with Crippen molar-refractivity contribution in [3.05, 3.63) is 34.1 Å². The summed E-state index contributed by atoms with van der Waals surface area (Å²) >= 11 is 0. The lowest BCUT2D eigenvalue weighted by Gasteiger charge is -2.24. The Labute approximate surface area is 122 Å². The summed E-state index contributed by atoms with van der Waals surface area (Å²) in [5.74, 6) is -1.71. The second kappa shape index (κ2) is 6.62. The molecule has 0 bridgehead atoms. The summed E-state index contributed by atoms with van der Waals surface area (Å²) in [4.78, 5) is 21.8. The average Bonchev–Trinajstić information content (AvgIpc) is 2.34. The number of anilines is 1. The highest BCUT2D eigenvalue weighted by atomic mass is 19.1. The van der Waals surface area contributed by atoms with Gasteiger partial charge in [-0.3, -0.25) is 14.9 Å². The van der Waals surface area contributed by atoms with E-state index in [1.165, 1.54) is 6.07 Å². The molecule has 21 heavy (non-hydrogen) atoms. The molecular weight excluding hydrogens is 277 g/mol. The lowest BCUT2D eigenvalue weighted by atomic mass is 9.84. The number of carbonyl (C=O) groups is 1. The molecule has 1 unspecified atom stereocenters. The zero-order chi connectivity index (χ0) is 16.2. The van der Waals surface area contributed by atoms with Gasteiger partial charge in [0.2, 0.25) is 11.7 Å². The molecule has 0 saturated heterocycles. The maximum Gasteiger partial charge on any atom is 0.304 e. The SMILES string of the molecule is CC(C)(C)CC(CN)C(=O)Nc1ccc([N+](=O)[O-])c(F)c1. The number of nitro groups is 1. The number of carbonyl (C=O) groups excluding carboxylic acids is 1. The molecule has 7 heteroatoms. The zero-order valence-electron chi connectivity index (χ0n) is 12.4. The number of benzene rings is 1. The average molecular weight is 297 g/mol. The monoisotopic (exact) mass is 297 g/mol. The minimum atomic E-state index is -0.988. The maximum atomic E-state index is 13.5. The number of nitrogens with one attached hydrogen (secondary N) is 1. The van der Waals surface area contributed by atoms with Crippen molar-refractivity contribution in [3.63, 3.8) is 0 Å². The number of rotatable bonds is 5. The highest BCUT2D eigenvalue weighted by molar-refractivity contribution is 5.92. The molecule has 0 fully saturated rings. The third-order valence-corrected chi connectivity index (χ3v) is 2.93. The van der Waals surface area contributed by atoms with Gasteiger partial charge in [0.25, 0.3) is 0 Å². The van der Waals surface area contributed by atoms with Crippen LogP contribution in [0.15, 0.2) is 18.2 Å². The van der Waals surface area contributed by atoms with Gasteiger partial charge in [-0.1, -0.05) is 20.8 Å². The highest BCUT2D eigenvalue weighted by Gasteiger charge is 2.24. The van der Waals surface area contributed by atoms with Gasteiger partial charge in [-0.25, -0.2) is 0 Å². The van der Waals surface area contributed by atoms with E-state index < -0.39 is 22.3 Å². The van der Waals surface area contributed by atoms with Crippen LogP contribution in [0.25, 0.3) is 0 Å². The smallest absolute Gasteiger partial charge is 0.304 e. The molecular formula is C14H20FN3O3. The quantitative estimate of drug-likeness (QED) is 0.644. The molecule has 0 aromatic heterocycles. The van der Waals surface area contributed by atoms with E-state index in [2.05, 4.69) is 5.32 Å². The lowest BCUT2D eigenvalue weighted by molar-refractivity contribution is -0.387. The first-order valence-electron chi connectivity index (χ1n) is 6.59. The van der Waals surface area contributed by atoms with Gasteiger partial charge in [0.05, 0.1) is 10.8 Å². The van der Waals surface area contributed by atoms with Crippen molar-refractivity contribution >= 4 is 17.3 Å². The van der Waals surface area contributed by atoms with Gasteiger partial charge in [0.15, 0.2) is 0 Å². The predicted molar refractivity (Wildman–Crippen MR) is 78.3 cm³/mol. The molecule has 1 amide bonds. The molecule has 0 saturated carbocycles. The summed E-state index contributed by atoms with van der Waals surface area (Å²) < 4.78 is 13.5. The molecule has 1 aromatic rings. The normalized spacial score (nSPS) is 12.8. The maximum absolute atomic E-state index is 13.5. The van der Waals surface area contributed by atoms with Crippen LogP contribution < -0.4 is 11.1 Å². The minimum absolute atomic E-state index is 0.0674. The molecule has 1 aromatic carbocycles. The summed E-state index contributed by atoms with van der Waals surface area (Å²) in [5.41, 5.74) is 5.09. The van der Waals surface area contributed by atoms with E-state index in [0.29, 0.717) is 6.42 Å². The zero-order valence-corrected chi connectivity index (χ0v) is 12.4. The molecule has 0 heterocycles. The van der Waals surface area contributed by atoms with E-state index in [0.717, 1.165) is 12.1 Å². The minimum Gasteiger partial charge on any atom is -0.330 e. The standard InChI is InChI=1S/C14H20FN3O3/c1-14(2,3)7-9(8-16)13(19)17-10-4-5-12(18(20)21)11(15)6-10/h4-6,9H,7-8,16H2,1-3H3,(H,17,19). The largest absolute Gasteiger partial charge is 0.330 e. The fourth-order valence-electron chi connectivity index (χ4n) is 2.00. The van der Waals surface area contributed by atoms with E-state index in [4.69, 9.17) is 5.73 Å². The topological polar surface area (TPSA) is 98.3 Å². The Morgan fingerprint density at radius 3 is 2.52 bits per heavy atom. The number of hydrogen-bond donors (Lipinski definition) is 2. The van der Waals surface area contributed by atoms with Crippen molar-refractivity contribution in [2.45, 2.75) is 27.2 Å². The number of amides is 1. The Bertz CT molecular complexity index is 541. The predicted octanol–water partition coefficient (Wildman–Crippen LogP) is 2.68. The van der Waals surface area contributed by atoms with Crippen molar-refractivity contribution < 1.29 is 14.1 Å². The highest BCUT2D eigenvalue weighted by Crippen LogP contribution is 2.26. The Kier molecular flexibility index (Phi) is 5.37. The number of nitrogens with two attached hydrogens (primary N) is 1. The van der Waals surface area contributed by atoms with Gasteiger partial charge >= 0.3 is 5.69 Å². The first-order valence-corrected chi connectivity index (χ1v) is 6.59. The number of hydrogen-bond acceptors (Lipinski definition) is 4. The second-order valence-electron chi connectivity index (χ2n) is 6.11. The van der Waals surface area contributed by atoms with Crippen LogP contribution in [-0.4, -0.2) is 17.4 Å². The molecule has 3 N–H and O–H groups in total. The van der Waals surface area contributed by atoms with Gasteiger partial charge < -0.3 is 11.1 Å². The second-order valence-corrected chi connectivity index (χ2v) is 6.11. The Balaban J connectivity index is 2.82. The van der Waals surface area contributed by atoms with Gasteiger partial charge in [-0.2, -0.15) is 4.39 Å². The van der Waals surface area contributed by atoms with E-state index in [-0.39, 0.29) is 23.6 Å². The summed E-state index contributed by atoms with van der Waals surface area (Å²) in [7, 11) is 0. The van der Waals surface area contributed by atoms with Crippen LogP contribution in [0.3, 0.4) is 0 Å². The van der Waals surface area contributed by atoms with Crippen LogP contribution in [0.2, 0.25) is 0 Å². The molecule has 0 spiro atoms. The van der Waals surface area contributed by atoms with Crippen LogP contribution in [-0.2, 0) is 4.79 Å². The Hall–Kier alpha value is -2.02. The van der Waals surface area contributed by atoms with Crippen LogP contribution >= 0.6 is 0 Å². The van der Waals surface area contributed by atoms with E-state index in [1.54, 1.807) is 0 Å². The molecule has 1 atom stereocenters. The van der Waals surface area contributed by atoms with E-state index in [1.807, 2.05) is 20.8 Å². The summed E-state index contributed by atoms with van der Waals surface area (Å²) in [6.45, 7) is 6.16. The molecule has 116 valence electrons. The first-order chi connectivity index (χ1) is 9.64. The van der Waals surface area contributed by atoms with Crippen LogP contribution in [0, 0.1) is 27.3 Å². The molecule has 1 rings (SSSR count). The van der Waals surface area contributed by atoms with Crippen molar-refractivity contribution in [1.82, 2.24) is 0 Å². The van der Waals surface area contributed by atoms with E-state index in [9.17, 15) is 19.3 Å². The Morgan fingerprint density at radius 2 is 2.10 bits per heavy atom. The third-order valence-electron chi connectivity index (χ3n) is 2.93. The Morgan fingerprint density at radius 1 is 1.48 bits per heavy atom. The first kappa shape index (κ1) is 17.0. The van der Waals surface area contributed by atoms with Crippen molar-refractivity contribution in [1.29, 1.82) is 0 Å². The lowest BCUT2D eigenvalue weighted by Crippen LogP contribution is -2.32. The number of halogens is 1. The fraction of sp³-hybridized carbons (Fsp3) is 0.500. The van der Waals surface area contributed by atoms with Crippen LogP contribution in [0.5, 0.6) is 0 Å². The summed E-state index contributed by atoms with van der Waals surface area (Å²) in [6, 6.07) is 3.25. The van der Waals surface area contributed by atoms with Crippen LogP contribution in [0.1, 0.15) is 27.2 Å². The van der Waals surface area contributed by atoms with Gasteiger partial charge in [-0.15, -0.1) is 0 Å². The van der Waals surface area contributed by atoms with Gasteiger partial charge in [0, 0.05) is 24.4 Å². The number of nitrogens with zero attached hydrogens (tertiary/aromatic N) is 1. The summed E-state index contributed by atoms with van der Waals surface area (Å²) in [6.07, 6.45) is 0.588. The fourth-order valence-corrected chi connectivity index (χ4v) is 2.00. The van der Waals surface area contributed by atoms with Crippen molar-refractivity contribution in [2.75, 3.05) is 11.9 Å². The molecule has 6 nitrogen and oxygen atoms in total. The summed E-state index contributed by atoms with van der Waals surface area (Å²) in [5, 5.41) is 13.1. The molecule has 0 radical (unpaired) electrons. The van der Waals surface area contributed by atoms with Gasteiger partial charge in [-0.05, 0) is 17.9 Å². The molecule has 0 aliphatic rings.